The molecule has 17 heavy (non-hydrogen) atoms. The summed E-state index contributed by atoms with van der Waals surface area (Å²) in [6.45, 7) is 2.77. The highest BCUT2D eigenvalue weighted by Gasteiger charge is 2.50. The molecule has 100 valence electrons. The van der Waals surface area contributed by atoms with Gasteiger partial charge in [0.25, 0.3) is 0 Å². The molecule has 0 amide bonds. The van der Waals surface area contributed by atoms with E-state index in [-0.39, 0.29) is 30.5 Å². The third-order valence-corrected chi connectivity index (χ3v) is 3.25. The van der Waals surface area contributed by atoms with Crippen LogP contribution < -0.4 is 5.73 Å². The molecule has 0 unspecified atom stereocenters. The van der Waals surface area contributed by atoms with Crippen molar-refractivity contribution in [1.82, 2.24) is 4.90 Å². The van der Waals surface area contributed by atoms with Crippen LogP contribution in [0.1, 0.15) is 12.8 Å². The molecule has 4 nitrogen and oxygen atoms in total. The van der Waals surface area contributed by atoms with E-state index in [1.165, 1.54) is 0 Å². The summed E-state index contributed by atoms with van der Waals surface area (Å²) in [6.07, 6.45) is -1.16. The fourth-order valence-corrected chi connectivity index (χ4v) is 1.74. The van der Waals surface area contributed by atoms with Crippen LogP contribution in [0.2, 0.25) is 0 Å². The summed E-state index contributed by atoms with van der Waals surface area (Å²) in [5.74, 6) is 0.371. The standard InChI is InChI=1S/C10H17F2N3O.HI/c11-8(12)10(1-2-10)7-14-9(13)15-3-5-16-6-4-15;/h8H,1-7H2,(H2,13,14);1H. The van der Waals surface area contributed by atoms with Crippen molar-refractivity contribution >= 4 is 29.9 Å². The van der Waals surface area contributed by atoms with E-state index in [1.807, 2.05) is 4.90 Å². The van der Waals surface area contributed by atoms with Crippen LogP contribution in [0.3, 0.4) is 0 Å². The number of rotatable bonds is 3. The number of nitrogens with two attached hydrogens (primary N) is 1. The normalized spacial score (nSPS) is 23.5. The zero-order chi connectivity index (χ0) is 11.6. The minimum atomic E-state index is -2.28. The number of guanidine groups is 1. The van der Waals surface area contributed by atoms with E-state index in [0.717, 1.165) is 0 Å². The lowest BCUT2D eigenvalue weighted by molar-refractivity contribution is 0.0628. The van der Waals surface area contributed by atoms with E-state index in [1.54, 1.807) is 0 Å². The first kappa shape index (κ1) is 14.9. The van der Waals surface area contributed by atoms with E-state index in [0.29, 0.717) is 45.1 Å². The van der Waals surface area contributed by atoms with Gasteiger partial charge in [0, 0.05) is 13.1 Å². The third-order valence-electron chi connectivity index (χ3n) is 3.25. The highest BCUT2D eigenvalue weighted by Crippen LogP contribution is 2.50. The summed E-state index contributed by atoms with van der Waals surface area (Å²) >= 11 is 0. The van der Waals surface area contributed by atoms with Crippen LogP contribution in [-0.4, -0.2) is 50.1 Å². The van der Waals surface area contributed by atoms with Gasteiger partial charge in [-0.1, -0.05) is 0 Å². The number of nitrogens with zero attached hydrogens (tertiary/aromatic N) is 2. The highest BCUT2D eigenvalue weighted by molar-refractivity contribution is 14.0. The van der Waals surface area contributed by atoms with Crippen molar-refractivity contribution in [2.45, 2.75) is 19.3 Å². The van der Waals surface area contributed by atoms with Crippen molar-refractivity contribution in [1.29, 1.82) is 0 Å². The molecule has 1 aliphatic heterocycles. The van der Waals surface area contributed by atoms with Gasteiger partial charge in [-0.3, -0.25) is 4.99 Å². The van der Waals surface area contributed by atoms with E-state index >= 15 is 0 Å². The Morgan fingerprint density at radius 2 is 1.94 bits per heavy atom. The van der Waals surface area contributed by atoms with Crippen molar-refractivity contribution in [3.05, 3.63) is 0 Å². The first-order valence-electron chi connectivity index (χ1n) is 5.55. The summed E-state index contributed by atoms with van der Waals surface area (Å²) < 4.78 is 30.4. The van der Waals surface area contributed by atoms with Crippen molar-refractivity contribution in [3.8, 4) is 0 Å². The average molecular weight is 361 g/mol. The second-order valence-corrected chi connectivity index (χ2v) is 4.44. The van der Waals surface area contributed by atoms with E-state index in [4.69, 9.17) is 10.5 Å². The van der Waals surface area contributed by atoms with E-state index in [2.05, 4.69) is 4.99 Å². The van der Waals surface area contributed by atoms with Gasteiger partial charge in [0.2, 0.25) is 6.43 Å². The summed E-state index contributed by atoms with van der Waals surface area (Å²) in [5.41, 5.74) is 4.88. The molecule has 2 rings (SSSR count). The van der Waals surface area contributed by atoms with E-state index < -0.39 is 11.8 Å². The second-order valence-electron chi connectivity index (χ2n) is 4.44. The lowest BCUT2D eigenvalue weighted by Gasteiger charge is -2.27. The molecule has 2 aliphatic rings. The zero-order valence-corrected chi connectivity index (χ0v) is 11.9. The summed E-state index contributed by atoms with van der Waals surface area (Å²) in [7, 11) is 0. The molecular formula is C10H18F2IN3O. The molecule has 0 radical (unpaired) electrons. The van der Waals surface area contributed by atoms with Crippen LogP contribution in [-0.2, 0) is 4.74 Å². The van der Waals surface area contributed by atoms with Crippen LogP contribution in [0.5, 0.6) is 0 Å². The zero-order valence-electron chi connectivity index (χ0n) is 9.57. The summed E-state index contributed by atoms with van der Waals surface area (Å²) in [4.78, 5) is 5.97. The maximum Gasteiger partial charge on any atom is 0.245 e. The van der Waals surface area contributed by atoms with Crippen molar-refractivity contribution in [2.24, 2.45) is 16.1 Å². The SMILES string of the molecule is I.NC(=NCC1(C(F)F)CC1)N1CCOCC1. The Morgan fingerprint density at radius 3 is 2.41 bits per heavy atom. The second kappa shape index (κ2) is 6.12. The first-order chi connectivity index (χ1) is 7.64. The number of hydrogen-bond donors (Lipinski definition) is 1. The van der Waals surface area contributed by atoms with Gasteiger partial charge >= 0.3 is 0 Å². The smallest absolute Gasteiger partial charge is 0.245 e. The Morgan fingerprint density at radius 1 is 1.35 bits per heavy atom. The minimum Gasteiger partial charge on any atom is -0.378 e. The molecule has 1 saturated heterocycles. The molecule has 0 aromatic carbocycles. The van der Waals surface area contributed by atoms with Crippen LogP contribution in [0.4, 0.5) is 8.78 Å². The number of halogens is 3. The number of aliphatic imine (C=N–C) groups is 1. The van der Waals surface area contributed by atoms with Crippen LogP contribution in [0.15, 0.2) is 4.99 Å². The highest BCUT2D eigenvalue weighted by atomic mass is 127. The number of hydrogen-bond acceptors (Lipinski definition) is 2. The monoisotopic (exact) mass is 361 g/mol. The van der Waals surface area contributed by atoms with Gasteiger partial charge in [-0.25, -0.2) is 8.78 Å². The molecule has 2 fully saturated rings. The van der Waals surface area contributed by atoms with Gasteiger partial charge < -0.3 is 15.4 Å². The Hall–Kier alpha value is -0.180. The molecular weight excluding hydrogens is 343 g/mol. The van der Waals surface area contributed by atoms with E-state index in [9.17, 15) is 8.78 Å². The predicted octanol–water partition coefficient (Wildman–Crippen LogP) is 1.30. The topological polar surface area (TPSA) is 50.8 Å². The van der Waals surface area contributed by atoms with Gasteiger partial charge in [0.05, 0.1) is 25.2 Å². The van der Waals surface area contributed by atoms with Gasteiger partial charge in [0.15, 0.2) is 5.96 Å². The van der Waals surface area contributed by atoms with Crippen molar-refractivity contribution in [3.63, 3.8) is 0 Å². The summed E-state index contributed by atoms with van der Waals surface area (Å²) in [5, 5.41) is 0. The van der Waals surface area contributed by atoms with Crippen LogP contribution in [0.25, 0.3) is 0 Å². The molecule has 0 bridgehead atoms. The largest absolute Gasteiger partial charge is 0.378 e. The Bertz CT molecular complexity index is 279. The van der Waals surface area contributed by atoms with Crippen molar-refractivity contribution in [2.75, 3.05) is 32.8 Å². The number of ether oxygens (including phenoxy) is 1. The average Bonchev–Trinajstić information content (AvgIpc) is 3.08. The fraction of sp³-hybridized carbons (Fsp3) is 0.900. The Balaban J connectivity index is 0.00000144. The maximum atomic E-state index is 12.6. The number of alkyl halides is 2. The quantitative estimate of drug-likeness (QED) is 0.468. The van der Waals surface area contributed by atoms with Crippen LogP contribution in [0, 0.1) is 5.41 Å². The third kappa shape index (κ3) is 3.64. The predicted molar refractivity (Wildman–Crippen MR) is 72.0 cm³/mol. The van der Waals surface area contributed by atoms with Crippen LogP contribution >= 0.6 is 24.0 Å². The summed E-state index contributed by atoms with van der Waals surface area (Å²) in [6, 6.07) is 0. The lowest BCUT2D eigenvalue weighted by atomic mass is 10.1. The van der Waals surface area contributed by atoms with Gasteiger partial charge in [-0.05, 0) is 12.8 Å². The Labute approximate surface area is 117 Å². The molecule has 7 heteroatoms. The number of morpholine rings is 1. The molecule has 2 N–H and O–H groups in total. The Kier molecular flexibility index (Phi) is 5.36. The van der Waals surface area contributed by atoms with Crippen molar-refractivity contribution < 1.29 is 13.5 Å². The fourth-order valence-electron chi connectivity index (χ4n) is 1.74. The van der Waals surface area contributed by atoms with Gasteiger partial charge in [-0.2, -0.15) is 0 Å². The van der Waals surface area contributed by atoms with Gasteiger partial charge in [-0.15, -0.1) is 24.0 Å². The molecule has 1 aliphatic carbocycles. The molecule has 1 saturated carbocycles. The van der Waals surface area contributed by atoms with Gasteiger partial charge in [0.1, 0.15) is 0 Å². The maximum absolute atomic E-state index is 12.6. The molecule has 0 aromatic rings. The molecule has 0 atom stereocenters. The first-order valence-corrected chi connectivity index (χ1v) is 5.55. The molecule has 0 aromatic heterocycles. The minimum absolute atomic E-state index is 0. The molecule has 1 heterocycles. The molecule has 0 spiro atoms. The lowest BCUT2D eigenvalue weighted by Crippen LogP contribution is -2.45.